The Bertz CT molecular complexity index is 1410. The molecule has 4 rings (SSSR count). The molecule has 0 radical (unpaired) electrons. The minimum absolute atomic E-state index is 0.164. The molecule has 12 heteroatoms. The van der Waals surface area contributed by atoms with Gasteiger partial charge in [0.2, 0.25) is 21.6 Å². The molecule has 1 aromatic rings. The minimum Gasteiger partial charge on any atom is -0.442 e. The Balaban J connectivity index is 1.63. The lowest BCUT2D eigenvalue weighted by Crippen LogP contribution is -2.48. The number of amides is 1. The van der Waals surface area contributed by atoms with Crippen molar-refractivity contribution in [3.8, 4) is 0 Å². The van der Waals surface area contributed by atoms with Crippen LogP contribution in [-0.2, 0) is 24.3 Å². The molecule has 2 saturated heterocycles. The highest BCUT2D eigenvalue weighted by atomic mass is 32.2. The van der Waals surface area contributed by atoms with Gasteiger partial charge < -0.3 is 19.6 Å². The zero-order valence-electron chi connectivity index (χ0n) is 26.7. The molecular formula is C33H46FN3O7S. The van der Waals surface area contributed by atoms with Gasteiger partial charge in [0.15, 0.2) is 0 Å². The summed E-state index contributed by atoms with van der Waals surface area (Å²) >= 11 is 0. The SMILES string of the molecule is C/C(=C\c1cc(F)cc(S(=O)(=O)N2CCCC2)c1)[C@H]1C(=O)C(=O)C[C@H](O)CC[C@H](C)[C@@H](OC(=O)N2CCN(C)CC2)/C=C/[C@@H]1C. The highest BCUT2D eigenvalue weighted by molar-refractivity contribution is 7.89. The molecule has 3 aliphatic rings. The van der Waals surface area contributed by atoms with Crippen LogP contribution >= 0.6 is 0 Å². The Morgan fingerprint density at radius 3 is 2.33 bits per heavy atom. The lowest BCUT2D eigenvalue weighted by Gasteiger charge is -2.33. The molecular weight excluding hydrogens is 601 g/mol. The van der Waals surface area contributed by atoms with Crippen molar-refractivity contribution in [3.63, 3.8) is 0 Å². The van der Waals surface area contributed by atoms with Crippen molar-refractivity contribution in [2.45, 2.75) is 70.0 Å². The molecule has 248 valence electrons. The first-order chi connectivity index (χ1) is 21.3. The molecule has 1 aliphatic carbocycles. The number of hydrogen-bond acceptors (Lipinski definition) is 8. The summed E-state index contributed by atoms with van der Waals surface area (Å²) in [6.45, 7) is 8.69. The monoisotopic (exact) mass is 647 g/mol. The van der Waals surface area contributed by atoms with Gasteiger partial charge in [0.25, 0.3) is 0 Å². The third kappa shape index (κ3) is 8.87. The number of carbonyl (C=O) groups excluding carboxylic acids is 3. The molecule has 0 aromatic heterocycles. The second-order valence-electron chi connectivity index (χ2n) is 12.8. The van der Waals surface area contributed by atoms with Crippen LogP contribution in [0, 0.1) is 23.6 Å². The van der Waals surface area contributed by atoms with Crippen molar-refractivity contribution in [1.82, 2.24) is 14.1 Å². The number of piperazine rings is 1. The van der Waals surface area contributed by atoms with E-state index >= 15 is 0 Å². The standard InChI is InChI=1S/C33H46FN3O7S/c1-22-7-9-27(38)21-29(39)32(40)31(23(2)8-10-30(22)44-33(41)36-15-13-35(4)14-16-36)24(3)17-25-18-26(34)20-28(19-25)45(42,43)37-11-5-6-12-37/h8,10,17-20,22-23,27,30-31,38H,5-7,9,11-16,21H2,1-4H3/b10-8+,24-17+/t22-,23-,27+,30-,31-/m0/s1. The molecule has 1 N–H and O–H groups in total. The smallest absolute Gasteiger partial charge is 0.410 e. The van der Waals surface area contributed by atoms with Gasteiger partial charge >= 0.3 is 6.09 Å². The van der Waals surface area contributed by atoms with Crippen LogP contribution < -0.4 is 0 Å². The summed E-state index contributed by atoms with van der Waals surface area (Å²) in [4.78, 5) is 43.3. The van der Waals surface area contributed by atoms with Crippen molar-refractivity contribution in [3.05, 3.63) is 47.3 Å². The molecule has 1 aromatic carbocycles. The number of rotatable bonds is 5. The number of nitrogens with zero attached hydrogens (tertiary/aromatic N) is 3. The summed E-state index contributed by atoms with van der Waals surface area (Å²) in [5.74, 6) is -3.79. The molecule has 0 saturated carbocycles. The summed E-state index contributed by atoms with van der Waals surface area (Å²) in [6.07, 6.45) is 4.84. The van der Waals surface area contributed by atoms with E-state index in [1.54, 1.807) is 30.9 Å². The predicted molar refractivity (Wildman–Crippen MR) is 168 cm³/mol. The van der Waals surface area contributed by atoms with E-state index in [1.807, 2.05) is 14.0 Å². The zero-order chi connectivity index (χ0) is 32.9. The first kappa shape index (κ1) is 34.9. The number of halogens is 1. The van der Waals surface area contributed by atoms with E-state index in [0.717, 1.165) is 32.0 Å². The average molecular weight is 648 g/mol. The maximum Gasteiger partial charge on any atom is 0.410 e. The maximum atomic E-state index is 14.7. The van der Waals surface area contributed by atoms with Gasteiger partial charge in [-0.3, -0.25) is 9.59 Å². The predicted octanol–water partition coefficient (Wildman–Crippen LogP) is 3.89. The van der Waals surface area contributed by atoms with Gasteiger partial charge in [-0.1, -0.05) is 31.6 Å². The number of allylic oxidation sites excluding steroid dienone is 2. The highest BCUT2D eigenvalue weighted by Gasteiger charge is 2.34. The van der Waals surface area contributed by atoms with E-state index in [4.69, 9.17) is 4.74 Å². The van der Waals surface area contributed by atoms with E-state index in [-0.39, 0.29) is 29.2 Å². The first-order valence-electron chi connectivity index (χ1n) is 15.8. The quantitative estimate of drug-likeness (QED) is 0.377. The van der Waals surface area contributed by atoms with Crippen molar-refractivity contribution < 1.29 is 37.0 Å². The van der Waals surface area contributed by atoms with E-state index in [0.29, 0.717) is 38.2 Å². The van der Waals surface area contributed by atoms with E-state index < -0.39 is 57.5 Å². The molecule has 2 heterocycles. The van der Waals surface area contributed by atoms with Crippen molar-refractivity contribution in [2.75, 3.05) is 46.3 Å². The van der Waals surface area contributed by atoms with Crippen LogP contribution in [0.3, 0.4) is 0 Å². The summed E-state index contributed by atoms with van der Waals surface area (Å²) in [6, 6.07) is 3.55. The molecule has 1 amide bonds. The number of sulfonamides is 1. The third-order valence-electron chi connectivity index (χ3n) is 9.10. The van der Waals surface area contributed by atoms with Crippen LogP contribution in [0.15, 0.2) is 40.8 Å². The van der Waals surface area contributed by atoms with E-state index in [2.05, 4.69) is 4.90 Å². The summed E-state index contributed by atoms with van der Waals surface area (Å²) in [5.41, 5.74) is 0.687. The third-order valence-corrected chi connectivity index (χ3v) is 11.0. The van der Waals surface area contributed by atoms with Gasteiger partial charge in [0.1, 0.15) is 11.9 Å². The van der Waals surface area contributed by atoms with Crippen LogP contribution in [0.25, 0.3) is 6.08 Å². The lowest BCUT2D eigenvalue weighted by molar-refractivity contribution is -0.140. The minimum atomic E-state index is -3.88. The zero-order valence-corrected chi connectivity index (χ0v) is 27.5. The summed E-state index contributed by atoms with van der Waals surface area (Å²) in [5, 5.41) is 10.6. The number of hydrogen-bond donors (Lipinski definition) is 1. The average Bonchev–Trinajstić information content (AvgIpc) is 3.54. The lowest BCUT2D eigenvalue weighted by atomic mass is 9.80. The fraction of sp³-hybridized carbons (Fsp3) is 0.606. The largest absolute Gasteiger partial charge is 0.442 e. The van der Waals surface area contributed by atoms with Gasteiger partial charge in [-0.15, -0.1) is 0 Å². The number of ether oxygens (including phenoxy) is 1. The Labute approximate surface area is 265 Å². The Kier molecular flexibility index (Phi) is 11.7. The van der Waals surface area contributed by atoms with Gasteiger partial charge in [-0.25, -0.2) is 17.6 Å². The van der Waals surface area contributed by atoms with Crippen LogP contribution in [-0.4, -0.2) is 104 Å². The molecule has 2 fully saturated rings. The van der Waals surface area contributed by atoms with Crippen LogP contribution in [0.4, 0.5) is 9.18 Å². The topological polar surface area (TPSA) is 125 Å². The van der Waals surface area contributed by atoms with E-state index in [9.17, 15) is 32.3 Å². The second-order valence-corrected chi connectivity index (χ2v) is 14.7. The van der Waals surface area contributed by atoms with Gasteiger partial charge in [0, 0.05) is 45.7 Å². The molecule has 0 bridgehead atoms. The van der Waals surface area contributed by atoms with Crippen molar-refractivity contribution in [2.24, 2.45) is 17.8 Å². The Morgan fingerprint density at radius 2 is 1.67 bits per heavy atom. The van der Waals surface area contributed by atoms with Gasteiger partial charge in [-0.05, 0) is 81.3 Å². The van der Waals surface area contributed by atoms with Crippen LogP contribution in [0.1, 0.15) is 58.4 Å². The molecule has 10 nitrogen and oxygen atoms in total. The molecule has 0 spiro atoms. The van der Waals surface area contributed by atoms with Crippen LogP contribution in [0.2, 0.25) is 0 Å². The highest BCUT2D eigenvalue weighted by Crippen LogP contribution is 2.30. The first-order valence-corrected chi connectivity index (χ1v) is 17.3. The Morgan fingerprint density at radius 1 is 1.00 bits per heavy atom. The number of ketones is 2. The van der Waals surface area contributed by atoms with Gasteiger partial charge in [-0.2, -0.15) is 4.31 Å². The second kappa shape index (κ2) is 15.1. The number of carbonyl (C=O) groups is 3. The number of benzene rings is 1. The molecule has 45 heavy (non-hydrogen) atoms. The molecule has 5 atom stereocenters. The normalized spacial score (nSPS) is 29.2. The fourth-order valence-electron chi connectivity index (χ4n) is 6.24. The summed E-state index contributed by atoms with van der Waals surface area (Å²) in [7, 11) is -1.89. The fourth-order valence-corrected chi connectivity index (χ4v) is 7.82. The van der Waals surface area contributed by atoms with Gasteiger partial charge in [0.05, 0.1) is 16.9 Å². The number of likely N-dealkylation sites (N-methyl/N-ethyl adjacent to an activating group) is 1. The number of Topliss-reactive ketones (excluding diaryl/α,β-unsaturated/α-hetero) is 2. The molecule has 0 unspecified atom stereocenters. The molecule has 2 aliphatic heterocycles. The van der Waals surface area contributed by atoms with Crippen molar-refractivity contribution >= 4 is 33.8 Å². The Hall–Kier alpha value is -2.93. The van der Waals surface area contributed by atoms with Crippen LogP contribution in [0.5, 0.6) is 0 Å². The number of aliphatic hydroxyl groups is 1. The van der Waals surface area contributed by atoms with E-state index in [1.165, 1.54) is 22.5 Å². The number of aliphatic hydroxyl groups excluding tert-OH is 1. The maximum absolute atomic E-state index is 14.7. The summed E-state index contributed by atoms with van der Waals surface area (Å²) < 4.78 is 48.3. The van der Waals surface area contributed by atoms with Crippen molar-refractivity contribution in [1.29, 1.82) is 0 Å².